The first-order chi connectivity index (χ1) is 8.80. The number of fused-ring (bicyclic) bond motifs is 1. The molecular formula is C17H26O2. The van der Waals surface area contributed by atoms with Crippen molar-refractivity contribution in [3.8, 4) is 0 Å². The molecule has 106 valence electrons. The summed E-state index contributed by atoms with van der Waals surface area (Å²) in [6.45, 7) is 9.05. The minimum Gasteiger partial charge on any atom is -0.481 e. The van der Waals surface area contributed by atoms with Crippen LogP contribution < -0.4 is 0 Å². The van der Waals surface area contributed by atoms with Gasteiger partial charge in [0.15, 0.2) is 0 Å². The van der Waals surface area contributed by atoms with Crippen LogP contribution in [-0.2, 0) is 4.79 Å². The maximum atomic E-state index is 11.4. The van der Waals surface area contributed by atoms with Gasteiger partial charge in [-0.3, -0.25) is 4.79 Å². The number of aliphatic carboxylic acids is 1. The Morgan fingerprint density at radius 2 is 2.11 bits per heavy atom. The lowest BCUT2D eigenvalue weighted by molar-refractivity contribution is -0.140. The summed E-state index contributed by atoms with van der Waals surface area (Å²) in [5.74, 6) is 1.11. The van der Waals surface area contributed by atoms with Gasteiger partial charge in [0, 0.05) is 0 Å². The third kappa shape index (κ3) is 1.52. The second-order valence-corrected chi connectivity index (χ2v) is 7.81. The van der Waals surface area contributed by atoms with E-state index < -0.39 is 5.97 Å². The molecule has 2 fully saturated rings. The quantitative estimate of drug-likeness (QED) is 0.760. The second kappa shape index (κ2) is 3.86. The molecule has 0 saturated heterocycles. The van der Waals surface area contributed by atoms with Gasteiger partial charge in [0.25, 0.3) is 0 Å². The molecule has 0 aromatic heterocycles. The molecule has 0 aromatic rings. The number of hydrogen-bond acceptors (Lipinski definition) is 1. The van der Waals surface area contributed by atoms with E-state index in [1.165, 1.54) is 24.8 Å². The zero-order valence-electron chi connectivity index (χ0n) is 12.6. The van der Waals surface area contributed by atoms with Crippen LogP contribution in [0, 0.1) is 34.5 Å². The molecule has 0 aromatic carbocycles. The van der Waals surface area contributed by atoms with Gasteiger partial charge in [0.05, 0.1) is 5.92 Å². The molecule has 5 atom stereocenters. The van der Waals surface area contributed by atoms with Gasteiger partial charge in [-0.1, -0.05) is 32.4 Å². The number of carboxylic acid groups (broad SMARTS) is 1. The van der Waals surface area contributed by atoms with E-state index in [2.05, 4.69) is 26.8 Å². The van der Waals surface area contributed by atoms with Gasteiger partial charge in [-0.05, 0) is 61.2 Å². The third-order valence-electron chi connectivity index (χ3n) is 6.93. The van der Waals surface area contributed by atoms with Gasteiger partial charge in [0.1, 0.15) is 0 Å². The van der Waals surface area contributed by atoms with Gasteiger partial charge >= 0.3 is 5.97 Å². The van der Waals surface area contributed by atoms with Gasteiger partial charge in [-0.15, -0.1) is 0 Å². The number of allylic oxidation sites excluding steroid dienone is 1. The summed E-state index contributed by atoms with van der Waals surface area (Å²) in [6, 6.07) is 0. The van der Waals surface area contributed by atoms with Crippen molar-refractivity contribution in [2.45, 2.75) is 53.4 Å². The van der Waals surface area contributed by atoms with Crippen LogP contribution in [0.5, 0.6) is 0 Å². The van der Waals surface area contributed by atoms with Crippen LogP contribution in [0.3, 0.4) is 0 Å². The first-order valence-corrected chi connectivity index (χ1v) is 7.73. The van der Waals surface area contributed by atoms with E-state index in [0.29, 0.717) is 11.3 Å². The number of hydrogen-bond donors (Lipinski definition) is 1. The van der Waals surface area contributed by atoms with E-state index in [9.17, 15) is 9.90 Å². The molecule has 2 bridgehead atoms. The molecule has 5 unspecified atom stereocenters. The molecule has 1 N–H and O–H groups in total. The first kappa shape index (κ1) is 13.2. The van der Waals surface area contributed by atoms with Crippen molar-refractivity contribution in [3.63, 3.8) is 0 Å². The van der Waals surface area contributed by atoms with Crippen molar-refractivity contribution in [2.75, 3.05) is 0 Å². The fourth-order valence-electron chi connectivity index (χ4n) is 5.72. The van der Waals surface area contributed by atoms with Crippen LogP contribution in [0.2, 0.25) is 0 Å². The summed E-state index contributed by atoms with van der Waals surface area (Å²) >= 11 is 0. The Hall–Kier alpha value is -0.790. The third-order valence-corrected chi connectivity index (χ3v) is 6.93. The fraction of sp³-hybridized carbons (Fsp3) is 0.824. The molecule has 3 aliphatic carbocycles. The van der Waals surface area contributed by atoms with E-state index in [-0.39, 0.29) is 11.3 Å². The molecule has 2 saturated carbocycles. The molecule has 0 aliphatic heterocycles. The summed E-state index contributed by atoms with van der Waals surface area (Å²) in [4.78, 5) is 11.4. The maximum absolute atomic E-state index is 11.4. The Bertz CT molecular complexity index is 448. The molecule has 2 heteroatoms. The van der Waals surface area contributed by atoms with Gasteiger partial charge in [0.2, 0.25) is 0 Å². The first-order valence-electron chi connectivity index (χ1n) is 7.73. The van der Waals surface area contributed by atoms with E-state index in [1.807, 2.05) is 6.92 Å². The predicted octanol–water partition coefficient (Wildman–Crippen LogP) is 4.12. The average Bonchev–Trinajstić information content (AvgIpc) is 2.74. The zero-order chi connectivity index (χ0) is 14.0. The highest BCUT2D eigenvalue weighted by atomic mass is 16.4. The van der Waals surface area contributed by atoms with Crippen molar-refractivity contribution >= 4 is 5.97 Å². The summed E-state index contributed by atoms with van der Waals surface area (Å²) < 4.78 is 0. The molecule has 0 radical (unpaired) electrons. The molecule has 19 heavy (non-hydrogen) atoms. The van der Waals surface area contributed by atoms with Gasteiger partial charge in [-0.25, -0.2) is 0 Å². The maximum Gasteiger partial charge on any atom is 0.310 e. The highest BCUT2D eigenvalue weighted by molar-refractivity contribution is 5.73. The highest BCUT2D eigenvalue weighted by Crippen LogP contribution is 2.71. The molecule has 3 aliphatic rings. The minimum atomic E-state index is -0.664. The molecule has 3 rings (SSSR count). The molecule has 1 spiro atoms. The van der Waals surface area contributed by atoms with Crippen molar-refractivity contribution in [2.24, 2.45) is 34.5 Å². The summed E-state index contributed by atoms with van der Waals surface area (Å²) in [7, 11) is 0. The smallest absolute Gasteiger partial charge is 0.310 e. The summed E-state index contributed by atoms with van der Waals surface area (Å²) in [6.07, 6.45) is 7.35. The largest absolute Gasteiger partial charge is 0.481 e. The Balaban J connectivity index is 2.02. The zero-order valence-corrected chi connectivity index (χ0v) is 12.6. The molecular weight excluding hydrogens is 236 g/mol. The molecule has 0 heterocycles. The van der Waals surface area contributed by atoms with Crippen molar-refractivity contribution in [1.82, 2.24) is 0 Å². The van der Waals surface area contributed by atoms with Crippen LogP contribution in [0.4, 0.5) is 0 Å². The predicted molar refractivity (Wildman–Crippen MR) is 75.7 cm³/mol. The van der Waals surface area contributed by atoms with Crippen molar-refractivity contribution in [1.29, 1.82) is 0 Å². The van der Waals surface area contributed by atoms with Crippen molar-refractivity contribution < 1.29 is 9.90 Å². The highest BCUT2D eigenvalue weighted by Gasteiger charge is 2.64. The Morgan fingerprint density at radius 1 is 1.42 bits per heavy atom. The molecule has 0 amide bonds. The van der Waals surface area contributed by atoms with E-state index >= 15 is 0 Å². The van der Waals surface area contributed by atoms with Crippen LogP contribution in [0.25, 0.3) is 0 Å². The lowest BCUT2D eigenvalue weighted by Gasteiger charge is -2.37. The normalized spacial score (nSPS) is 44.6. The van der Waals surface area contributed by atoms with Gasteiger partial charge < -0.3 is 5.11 Å². The monoisotopic (exact) mass is 262 g/mol. The Kier molecular flexibility index (Phi) is 2.69. The van der Waals surface area contributed by atoms with Crippen LogP contribution in [0.15, 0.2) is 11.6 Å². The summed E-state index contributed by atoms with van der Waals surface area (Å²) in [5, 5.41) is 9.34. The Labute approximate surface area is 116 Å². The van der Waals surface area contributed by atoms with Crippen LogP contribution in [0.1, 0.15) is 53.4 Å². The topological polar surface area (TPSA) is 37.3 Å². The SMILES string of the molecule is CC(C(=O)O)C1=CCC23CC1C(C)(C)C2CCC3C. The van der Waals surface area contributed by atoms with E-state index in [4.69, 9.17) is 0 Å². The van der Waals surface area contributed by atoms with E-state index in [0.717, 1.165) is 18.3 Å². The fourth-order valence-corrected chi connectivity index (χ4v) is 5.72. The van der Waals surface area contributed by atoms with Crippen molar-refractivity contribution in [3.05, 3.63) is 11.6 Å². The number of rotatable bonds is 2. The van der Waals surface area contributed by atoms with E-state index in [1.54, 1.807) is 0 Å². The minimum absolute atomic E-state index is 0.275. The standard InChI is InChI=1S/C17H26O2/c1-10-5-6-14-16(3,4)13-9-17(10,14)8-7-12(13)11(2)15(18)19/h7,10-11,13-14H,5-6,8-9H2,1-4H3,(H,18,19). The molecule has 2 nitrogen and oxygen atoms in total. The second-order valence-electron chi connectivity index (χ2n) is 7.81. The summed E-state index contributed by atoms with van der Waals surface area (Å²) in [5.41, 5.74) is 1.97. The van der Waals surface area contributed by atoms with Crippen LogP contribution >= 0.6 is 0 Å². The lowest BCUT2D eigenvalue weighted by atomic mass is 9.67. The van der Waals surface area contributed by atoms with Crippen LogP contribution in [-0.4, -0.2) is 11.1 Å². The number of carbonyl (C=O) groups is 1. The lowest BCUT2D eigenvalue weighted by Crippen LogP contribution is -2.30. The Morgan fingerprint density at radius 3 is 2.74 bits per heavy atom. The van der Waals surface area contributed by atoms with Gasteiger partial charge in [-0.2, -0.15) is 0 Å². The number of carboxylic acids is 1. The average molecular weight is 262 g/mol.